The summed E-state index contributed by atoms with van der Waals surface area (Å²) in [5, 5.41) is 6.71. The van der Waals surface area contributed by atoms with E-state index < -0.39 is 0 Å². The van der Waals surface area contributed by atoms with Gasteiger partial charge in [-0.05, 0) is 41.1 Å². The van der Waals surface area contributed by atoms with Gasteiger partial charge in [0.15, 0.2) is 0 Å². The Hall–Kier alpha value is -1.34. The van der Waals surface area contributed by atoms with E-state index in [9.17, 15) is 0 Å². The first-order chi connectivity index (χ1) is 9.56. The van der Waals surface area contributed by atoms with Gasteiger partial charge < -0.3 is 5.73 Å². The third-order valence-corrected chi connectivity index (χ3v) is 5.06. The number of halogens is 1. The Morgan fingerprint density at radius 2 is 1.90 bits per heavy atom. The zero-order valence-electron chi connectivity index (χ0n) is 11.2. The summed E-state index contributed by atoms with van der Waals surface area (Å²) < 4.78 is 2.99. The van der Waals surface area contributed by atoms with E-state index in [1.54, 1.807) is 16.0 Å². The van der Waals surface area contributed by atoms with Crippen molar-refractivity contribution in [2.75, 3.05) is 5.73 Å². The predicted molar refractivity (Wildman–Crippen MR) is 93.8 cm³/mol. The van der Waals surface area contributed by atoms with Gasteiger partial charge >= 0.3 is 0 Å². The van der Waals surface area contributed by atoms with Gasteiger partial charge in [0.1, 0.15) is 11.5 Å². The molecule has 0 bridgehead atoms. The zero-order chi connectivity index (χ0) is 14.3. The van der Waals surface area contributed by atoms with Gasteiger partial charge in [-0.2, -0.15) is 5.10 Å². The number of hydrogen-bond acceptors (Lipinski definition) is 3. The van der Waals surface area contributed by atoms with Crippen molar-refractivity contribution < 1.29 is 0 Å². The topological polar surface area (TPSA) is 43.8 Å². The summed E-state index contributed by atoms with van der Waals surface area (Å²) in [7, 11) is 1.88. The number of benzene rings is 1. The summed E-state index contributed by atoms with van der Waals surface area (Å²) >= 11 is 4.04. The van der Waals surface area contributed by atoms with E-state index in [2.05, 4.69) is 70.3 Å². The molecule has 3 aromatic rings. The van der Waals surface area contributed by atoms with Gasteiger partial charge in [-0.1, -0.05) is 29.8 Å². The quantitative estimate of drug-likeness (QED) is 0.658. The number of nitrogens with two attached hydrogens (primary N) is 1. The van der Waals surface area contributed by atoms with Crippen LogP contribution in [-0.2, 0) is 7.05 Å². The van der Waals surface area contributed by atoms with Gasteiger partial charge in [-0.25, -0.2) is 0 Å². The number of nitrogens with zero attached hydrogens (tertiary/aromatic N) is 2. The number of nitrogen functional groups attached to an aromatic ring is 1. The molecule has 2 aromatic heterocycles. The molecule has 2 N–H and O–H groups in total. The van der Waals surface area contributed by atoms with Crippen LogP contribution in [0.25, 0.3) is 22.4 Å². The van der Waals surface area contributed by atoms with Crippen LogP contribution < -0.4 is 5.73 Å². The lowest BCUT2D eigenvalue weighted by Gasteiger charge is -2.04. The fraction of sp³-hybridized carbons (Fsp3) is 0.133. The minimum atomic E-state index is 0.699. The fourth-order valence-electron chi connectivity index (χ4n) is 2.18. The average molecular weight is 395 g/mol. The number of aromatic nitrogens is 2. The van der Waals surface area contributed by atoms with Crippen molar-refractivity contribution in [2.45, 2.75) is 6.92 Å². The first-order valence-corrected chi connectivity index (χ1v) is 8.16. The van der Waals surface area contributed by atoms with E-state index >= 15 is 0 Å². The van der Waals surface area contributed by atoms with E-state index in [1.165, 1.54) is 8.45 Å². The van der Waals surface area contributed by atoms with Crippen molar-refractivity contribution in [1.29, 1.82) is 0 Å². The third kappa shape index (κ3) is 2.35. The van der Waals surface area contributed by atoms with E-state index in [4.69, 9.17) is 5.73 Å². The molecule has 0 radical (unpaired) electrons. The molecule has 0 fully saturated rings. The summed E-state index contributed by atoms with van der Waals surface area (Å²) in [6.45, 7) is 2.08. The van der Waals surface area contributed by atoms with Gasteiger partial charge in [-0.15, -0.1) is 11.3 Å². The van der Waals surface area contributed by atoms with Crippen LogP contribution in [0.3, 0.4) is 0 Å². The molecular formula is C15H14IN3S. The second-order valence-corrected chi connectivity index (χ2v) is 7.54. The van der Waals surface area contributed by atoms with Crippen LogP contribution in [0.4, 0.5) is 5.82 Å². The number of thiophene rings is 1. The van der Waals surface area contributed by atoms with E-state index in [0.717, 1.165) is 22.4 Å². The number of aryl methyl sites for hydroxylation is 2. The Morgan fingerprint density at radius 3 is 2.50 bits per heavy atom. The highest BCUT2D eigenvalue weighted by Gasteiger charge is 2.18. The highest BCUT2D eigenvalue weighted by Crippen LogP contribution is 2.37. The molecule has 0 saturated carbocycles. The Labute approximate surface area is 135 Å². The van der Waals surface area contributed by atoms with Crippen molar-refractivity contribution in [2.24, 2.45) is 7.05 Å². The Kier molecular flexibility index (Phi) is 3.55. The molecule has 102 valence electrons. The molecule has 2 heterocycles. The maximum Gasteiger partial charge on any atom is 0.129 e. The minimum absolute atomic E-state index is 0.699. The molecule has 0 aliphatic heterocycles. The predicted octanol–water partition coefficient (Wildman–Crippen LogP) is 4.31. The highest BCUT2D eigenvalue weighted by molar-refractivity contribution is 14.1. The standard InChI is InChI=1S/C15H14IN3S/c1-9-3-5-10(6-4-9)13-14(18-19(2)15(13)17)11-7-12(16)20-8-11/h3-8H,17H2,1-2H3. The Balaban J connectivity index is 2.21. The van der Waals surface area contributed by atoms with Crippen molar-refractivity contribution >= 4 is 39.7 Å². The van der Waals surface area contributed by atoms with Crippen LogP contribution in [0, 0.1) is 9.81 Å². The van der Waals surface area contributed by atoms with Gasteiger partial charge in [0.25, 0.3) is 0 Å². The largest absolute Gasteiger partial charge is 0.383 e. The van der Waals surface area contributed by atoms with Gasteiger partial charge in [0, 0.05) is 18.0 Å². The molecule has 0 aliphatic rings. The van der Waals surface area contributed by atoms with Crippen molar-refractivity contribution in [3.05, 3.63) is 44.2 Å². The first-order valence-electron chi connectivity index (χ1n) is 6.20. The lowest BCUT2D eigenvalue weighted by Crippen LogP contribution is -1.97. The van der Waals surface area contributed by atoms with Crippen LogP contribution in [-0.4, -0.2) is 9.78 Å². The normalized spacial score (nSPS) is 10.9. The van der Waals surface area contributed by atoms with Crippen molar-refractivity contribution in [3.8, 4) is 22.4 Å². The lowest BCUT2D eigenvalue weighted by atomic mass is 10.0. The fourth-order valence-corrected chi connectivity index (χ4v) is 3.51. The number of anilines is 1. The average Bonchev–Trinajstić information content (AvgIpc) is 2.97. The number of hydrogen-bond donors (Lipinski definition) is 1. The second kappa shape index (κ2) is 5.21. The van der Waals surface area contributed by atoms with Crippen LogP contribution in [0.1, 0.15) is 5.56 Å². The zero-order valence-corrected chi connectivity index (χ0v) is 14.2. The third-order valence-electron chi connectivity index (χ3n) is 3.27. The molecule has 0 saturated heterocycles. The van der Waals surface area contributed by atoms with Crippen LogP contribution in [0.5, 0.6) is 0 Å². The monoisotopic (exact) mass is 395 g/mol. The molecule has 0 unspecified atom stereocenters. The van der Waals surface area contributed by atoms with Crippen LogP contribution in [0.15, 0.2) is 35.7 Å². The molecule has 3 rings (SSSR count). The molecule has 3 nitrogen and oxygen atoms in total. The van der Waals surface area contributed by atoms with Gasteiger partial charge in [-0.3, -0.25) is 4.68 Å². The lowest BCUT2D eigenvalue weighted by molar-refractivity contribution is 0.782. The molecule has 1 aromatic carbocycles. The Bertz CT molecular complexity index is 756. The SMILES string of the molecule is Cc1ccc(-c2c(-c3csc(I)c3)nn(C)c2N)cc1. The maximum absolute atomic E-state index is 6.22. The van der Waals surface area contributed by atoms with E-state index in [1.807, 2.05) is 7.05 Å². The van der Waals surface area contributed by atoms with Gasteiger partial charge in [0.05, 0.1) is 8.45 Å². The van der Waals surface area contributed by atoms with Crippen molar-refractivity contribution in [3.63, 3.8) is 0 Å². The molecule has 0 spiro atoms. The molecule has 5 heteroatoms. The number of rotatable bonds is 2. The summed E-state index contributed by atoms with van der Waals surface area (Å²) in [4.78, 5) is 0. The summed E-state index contributed by atoms with van der Waals surface area (Å²) in [5.74, 6) is 0.699. The maximum atomic E-state index is 6.22. The summed E-state index contributed by atoms with van der Waals surface area (Å²) in [6, 6.07) is 10.5. The molecule has 20 heavy (non-hydrogen) atoms. The van der Waals surface area contributed by atoms with Crippen LogP contribution >= 0.6 is 33.9 Å². The van der Waals surface area contributed by atoms with Gasteiger partial charge in [0.2, 0.25) is 0 Å². The molecular weight excluding hydrogens is 381 g/mol. The second-order valence-electron chi connectivity index (χ2n) is 4.74. The minimum Gasteiger partial charge on any atom is -0.383 e. The highest BCUT2D eigenvalue weighted by atomic mass is 127. The van der Waals surface area contributed by atoms with Crippen LogP contribution in [0.2, 0.25) is 0 Å². The Morgan fingerprint density at radius 1 is 1.20 bits per heavy atom. The summed E-state index contributed by atoms with van der Waals surface area (Å²) in [5.41, 5.74) is 11.7. The van der Waals surface area contributed by atoms with Crippen molar-refractivity contribution in [1.82, 2.24) is 9.78 Å². The van der Waals surface area contributed by atoms with E-state index in [0.29, 0.717) is 5.82 Å². The summed E-state index contributed by atoms with van der Waals surface area (Å²) in [6.07, 6.45) is 0. The molecule has 0 amide bonds. The first kappa shape index (κ1) is 13.6. The van der Waals surface area contributed by atoms with E-state index in [-0.39, 0.29) is 0 Å². The molecule has 0 aliphatic carbocycles. The smallest absolute Gasteiger partial charge is 0.129 e. The molecule has 0 atom stereocenters.